The highest BCUT2D eigenvalue weighted by atomic mass is 35.5. The predicted octanol–water partition coefficient (Wildman–Crippen LogP) is 1.97. The smallest absolute Gasteiger partial charge is 0.274 e. The van der Waals surface area contributed by atoms with E-state index in [0.717, 1.165) is 6.41 Å². The van der Waals surface area contributed by atoms with Gasteiger partial charge < -0.3 is 15.1 Å². The van der Waals surface area contributed by atoms with Crippen molar-refractivity contribution in [3.05, 3.63) is 46.7 Å². The van der Waals surface area contributed by atoms with Crippen molar-refractivity contribution in [2.45, 2.75) is 6.92 Å². The van der Waals surface area contributed by atoms with Crippen molar-refractivity contribution in [1.29, 1.82) is 0 Å². The number of nitrogens with one attached hydrogen (secondary N) is 1. The topological polar surface area (TPSA) is 78.4 Å². The van der Waals surface area contributed by atoms with Crippen LogP contribution in [-0.2, 0) is 4.79 Å². The Labute approximate surface area is 150 Å². The summed E-state index contributed by atoms with van der Waals surface area (Å²) in [5.41, 5.74) is 1.61. The predicted molar refractivity (Wildman–Crippen MR) is 96.0 cm³/mol. The Morgan fingerprint density at radius 3 is 2.64 bits per heavy atom. The summed E-state index contributed by atoms with van der Waals surface area (Å²) in [6.07, 6.45) is 0.846. The number of benzene rings is 1. The lowest BCUT2D eigenvalue weighted by molar-refractivity contribution is -0.118. The quantitative estimate of drug-likeness (QED) is 0.844. The lowest BCUT2D eigenvalue weighted by atomic mass is 10.2. The van der Waals surface area contributed by atoms with E-state index in [1.54, 1.807) is 35.2 Å². The second-order valence-corrected chi connectivity index (χ2v) is 6.22. The number of amides is 2. The maximum atomic E-state index is 12.5. The first kappa shape index (κ1) is 17.2. The summed E-state index contributed by atoms with van der Waals surface area (Å²) in [6.45, 7) is 4.33. The van der Waals surface area contributed by atoms with Gasteiger partial charge in [0.25, 0.3) is 5.91 Å². The van der Waals surface area contributed by atoms with E-state index in [0.29, 0.717) is 54.2 Å². The summed E-state index contributed by atoms with van der Waals surface area (Å²) in [5.74, 6) is 0.183. The van der Waals surface area contributed by atoms with Gasteiger partial charge in [-0.3, -0.25) is 9.59 Å². The molecular weight excluding hydrogens is 342 g/mol. The number of aromatic nitrogens is 2. The lowest BCUT2D eigenvalue weighted by Crippen LogP contribution is -2.46. The first-order valence-corrected chi connectivity index (χ1v) is 8.30. The van der Waals surface area contributed by atoms with Gasteiger partial charge in [0.1, 0.15) is 5.69 Å². The second kappa shape index (κ2) is 7.48. The zero-order valence-corrected chi connectivity index (χ0v) is 14.5. The van der Waals surface area contributed by atoms with Crippen LogP contribution in [-0.4, -0.2) is 53.4 Å². The minimum Gasteiger partial charge on any atom is -0.342 e. The molecule has 0 saturated carbocycles. The number of halogens is 1. The normalized spacial score (nSPS) is 14.3. The third kappa shape index (κ3) is 4.24. The molecule has 1 N–H and O–H groups in total. The van der Waals surface area contributed by atoms with Crippen molar-refractivity contribution < 1.29 is 9.59 Å². The van der Waals surface area contributed by atoms with Gasteiger partial charge in [-0.25, -0.2) is 9.97 Å². The van der Waals surface area contributed by atoms with Gasteiger partial charge >= 0.3 is 0 Å². The largest absolute Gasteiger partial charge is 0.342 e. The third-order valence-electron chi connectivity index (χ3n) is 3.90. The van der Waals surface area contributed by atoms with Crippen LogP contribution in [0, 0.1) is 6.92 Å². The summed E-state index contributed by atoms with van der Waals surface area (Å²) < 4.78 is 0. The number of hydrogen-bond donors (Lipinski definition) is 1. The summed E-state index contributed by atoms with van der Waals surface area (Å²) >= 11 is 5.94. The van der Waals surface area contributed by atoms with Gasteiger partial charge in [-0.15, -0.1) is 0 Å². The van der Waals surface area contributed by atoms with Gasteiger partial charge in [0.15, 0.2) is 0 Å². The summed E-state index contributed by atoms with van der Waals surface area (Å²) in [4.78, 5) is 35.8. The highest BCUT2D eigenvalue weighted by Gasteiger charge is 2.20. The van der Waals surface area contributed by atoms with Gasteiger partial charge in [0.05, 0.1) is 0 Å². The van der Waals surface area contributed by atoms with Crippen molar-refractivity contribution in [2.75, 3.05) is 36.4 Å². The van der Waals surface area contributed by atoms with Crippen LogP contribution >= 0.6 is 11.6 Å². The molecule has 0 bridgehead atoms. The molecule has 1 aliphatic heterocycles. The maximum Gasteiger partial charge on any atom is 0.274 e. The fraction of sp³-hybridized carbons (Fsp3) is 0.294. The summed E-state index contributed by atoms with van der Waals surface area (Å²) in [6, 6.07) is 8.58. The first-order chi connectivity index (χ1) is 12.0. The van der Waals surface area contributed by atoms with Crippen molar-refractivity contribution in [2.24, 2.45) is 0 Å². The van der Waals surface area contributed by atoms with Crippen LogP contribution in [0.1, 0.15) is 16.2 Å². The average Bonchev–Trinajstić information content (AvgIpc) is 2.61. The van der Waals surface area contributed by atoms with Crippen LogP contribution in [0.4, 0.5) is 11.6 Å². The van der Waals surface area contributed by atoms with Crippen molar-refractivity contribution in [3.8, 4) is 0 Å². The van der Waals surface area contributed by atoms with Gasteiger partial charge in [-0.2, -0.15) is 0 Å². The fourth-order valence-corrected chi connectivity index (χ4v) is 2.79. The van der Waals surface area contributed by atoms with Crippen molar-refractivity contribution in [1.82, 2.24) is 14.9 Å². The monoisotopic (exact) mass is 359 g/mol. The fourth-order valence-electron chi connectivity index (χ4n) is 2.60. The molecule has 2 heterocycles. The molecule has 25 heavy (non-hydrogen) atoms. The van der Waals surface area contributed by atoms with Crippen molar-refractivity contribution in [3.63, 3.8) is 0 Å². The molecule has 2 amide bonds. The second-order valence-electron chi connectivity index (χ2n) is 5.79. The Kier molecular flexibility index (Phi) is 5.14. The molecule has 0 unspecified atom stereocenters. The number of hydrogen-bond acceptors (Lipinski definition) is 5. The van der Waals surface area contributed by atoms with E-state index in [4.69, 9.17) is 11.6 Å². The molecule has 0 radical (unpaired) electrons. The molecule has 130 valence electrons. The van der Waals surface area contributed by atoms with Gasteiger partial charge in [0.2, 0.25) is 12.4 Å². The SMILES string of the molecule is Cc1cc(C(=O)Nc2cccc(Cl)c2)nc(N2CCN(C=O)CC2)n1. The average molecular weight is 360 g/mol. The zero-order valence-electron chi connectivity index (χ0n) is 13.8. The van der Waals surface area contributed by atoms with E-state index >= 15 is 0 Å². The number of rotatable bonds is 4. The third-order valence-corrected chi connectivity index (χ3v) is 4.14. The lowest BCUT2D eigenvalue weighted by Gasteiger charge is -2.32. The molecule has 0 aliphatic carbocycles. The molecule has 0 atom stereocenters. The van der Waals surface area contributed by atoms with Crippen LogP contribution in [0.3, 0.4) is 0 Å². The molecule has 0 spiro atoms. The molecule has 7 nitrogen and oxygen atoms in total. The van der Waals surface area contributed by atoms with E-state index < -0.39 is 0 Å². The van der Waals surface area contributed by atoms with E-state index in [2.05, 4.69) is 15.3 Å². The molecule has 3 rings (SSSR count). The van der Waals surface area contributed by atoms with E-state index in [-0.39, 0.29) is 5.91 Å². The van der Waals surface area contributed by atoms with Gasteiger partial charge in [-0.05, 0) is 31.2 Å². The summed E-state index contributed by atoms with van der Waals surface area (Å²) in [5, 5.41) is 3.33. The minimum atomic E-state index is -0.319. The molecule has 1 aliphatic rings. The van der Waals surface area contributed by atoms with Gasteiger partial charge in [-0.1, -0.05) is 17.7 Å². The molecule has 1 aromatic carbocycles. The van der Waals surface area contributed by atoms with E-state index in [9.17, 15) is 9.59 Å². The Hall–Kier alpha value is -2.67. The van der Waals surface area contributed by atoms with Crippen molar-refractivity contribution >= 4 is 35.6 Å². The number of carbonyl (C=O) groups is 2. The van der Waals surface area contributed by atoms with E-state index in [1.807, 2.05) is 11.8 Å². The molecule has 8 heteroatoms. The van der Waals surface area contributed by atoms with Crippen LogP contribution in [0.5, 0.6) is 0 Å². The van der Waals surface area contributed by atoms with Crippen LogP contribution in [0.2, 0.25) is 5.02 Å². The van der Waals surface area contributed by atoms with Gasteiger partial charge in [0, 0.05) is 42.6 Å². The van der Waals surface area contributed by atoms with Crippen LogP contribution in [0.15, 0.2) is 30.3 Å². The molecule has 1 fully saturated rings. The molecule has 1 saturated heterocycles. The van der Waals surface area contributed by atoms with E-state index in [1.165, 1.54) is 0 Å². The first-order valence-electron chi connectivity index (χ1n) is 7.92. The van der Waals surface area contributed by atoms with Crippen LogP contribution in [0.25, 0.3) is 0 Å². The Balaban J connectivity index is 1.77. The highest BCUT2D eigenvalue weighted by molar-refractivity contribution is 6.30. The number of anilines is 2. The maximum absolute atomic E-state index is 12.5. The summed E-state index contributed by atoms with van der Waals surface area (Å²) in [7, 11) is 0. The van der Waals surface area contributed by atoms with Crippen LogP contribution < -0.4 is 10.2 Å². The Bertz CT molecular complexity index is 790. The Morgan fingerprint density at radius 2 is 1.96 bits per heavy atom. The number of carbonyl (C=O) groups excluding carboxylic acids is 2. The number of piperazine rings is 1. The molecule has 2 aromatic rings. The number of aryl methyl sites for hydroxylation is 1. The molecular formula is C17H18ClN5O2. The Morgan fingerprint density at radius 1 is 1.20 bits per heavy atom. The number of nitrogens with zero attached hydrogens (tertiary/aromatic N) is 4. The molecule has 1 aromatic heterocycles. The standard InChI is InChI=1S/C17H18ClN5O2/c1-12-9-15(16(25)20-14-4-2-3-13(18)10-14)21-17(19-12)23-7-5-22(11-24)6-8-23/h2-4,9-11H,5-8H2,1H3,(H,20,25). The minimum absolute atomic E-state index is 0.292. The highest BCUT2D eigenvalue weighted by Crippen LogP contribution is 2.17. The zero-order chi connectivity index (χ0) is 17.8.